The smallest absolute Gasteiger partial charge is 0.0571 e. The van der Waals surface area contributed by atoms with Gasteiger partial charge in [0, 0.05) is 7.26 Å². The molecule has 2 heteroatoms. The summed E-state index contributed by atoms with van der Waals surface area (Å²) in [5.74, 6) is -2.41. The summed E-state index contributed by atoms with van der Waals surface area (Å²) in [5.41, 5.74) is 0.0556. The average Bonchev–Trinajstić information content (AvgIpc) is 2.16. The molecule has 2 unspecified atom stereocenters. The molecule has 0 aliphatic rings. The fraction of sp³-hybridized carbons (Fsp3) is 0.333. The van der Waals surface area contributed by atoms with Gasteiger partial charge in [-0.15, -0.1) is 0 Å². The van der Waals surface area contributed by atoms with Crippen LogP contribution in [-0.2, 0) is 0 Å². The molecule has 2 atom stereocenters. The van der Waals surface area contributed by atoms with Gasteiger partial charge in [0.1, 0.15) is 0 Å². The zero-order valence-corrected chi connectivity index (χ0v) is 5.86. The molecule has 2 nitrogen and oxygen atoms in total. The minimum absolute atomic E-state index is 0.0556. The molecule has 0 amide bonds. The topological polar surface area (TPSA) is 40.5 Å². The van der Waals surface area contributed by atoms with Crippen LogP contribution in [0.3, 0.4) is 0 Å². The standard InChI is InChI=1S/C9H12O2/c10-6-9(7-11)8-4-2-1-3-5-8/h1-5,9-11H,6-7H2/i6D,7D2,9D. The predicted molar refractivity (Wildman–Crippen MR) is 43.4 cm³/mol. The van der Waals surface area contributed by atoms with E-state index in [-0.39, 0.29) is 5.56 Å². The summed E-state index contributed by atoms with van der Waals surface area (Å²) in [4.78, 5) is 0. The van der Waals surface area contributed by atoms with Crippen LogP contribution < -0.4 is 0 Å². The van der Waals surface area contributed by atoms with Gasteiger partial charge in [-0.25, -0.2) is 0 Å². The number of aliphatic hydroxyl groups is 2. The normalized spacial score (nSPS) is 25.3. The maximum Gasteiger partial charge on any atom is 0.0571 e. The van der Waals surface area contributed by atoms with E-state index in [1.165, 1.54) is 12.1 Å². The Labute approximate surface area is 71.7 Å². The highest BCUT2D eigenvalue weighted by Gasteiger charge is 2.06. The van der Waals surface area contributed by atoms with Crippen LogP contribution in [0.4, 0.5) is 0 Å². The van der Waals surface area contributed by atoms with E-state index in [1.54, 1.807) is 18.2 Å². The van der Waals surface area contributed by atoms with E-state index in [2.05, 4.69) is 0 Å². The first-order chi connectivity index (χ1) is 6.80. The predicted octanol–water partition coefficient (Wildman–Crippen LogP) is 0.755. The fourth-order valence-electron chi connectivity index (χ4n) is 0.786. The van der Waals surface area contributed by atoms with Gasteiger partial charge in [-0.05, 0) is 5.56 Å². The molecule has 11 heavy (non-hydrogen) atoms. The molecular weight excluding hydrogens is 140 g/mol. The lowest BCUT2D eigenvalue weighted by molar-refractivity contribution is 0.192. The highest BCUT2D eigenvalue weighted by molar-refractivity contribution is 5.19. The van der Waals surface area contributed by atoms with Crippen LogP contribution >= 0.6 is 0 Å². The van der Waals surface area contributed by atoms with E-state index in [0.29, 0.717) is 0 Å². The van der Waals surface area contributed by atoms with Crippen molar-refractivity contribution in [3.8, 4) is 0 Å². The first kappa shape index (κ1) is 4.24. The molecule has 0 aliphatic heterocycles. The fourth-order valence-corrected chi connectivity index (χ4v) is 0.786. The van der Waals surface area contributed by atoms with Crippen molar-refractivity contribution in [2.45, 2.75) is 5.89 Å². The number of rotatable bonds is 3. The summed E-state index contributed by atoms with van der Waals surface area (Å²) in [6.07, 6.45) is 0. The van der Waals surface area contributed by atoms with Crippen LogP contribution in [0.1, 0.15) is 16.9 Å². The van der Waals surface area contributed by atoms with Crippen molar-refractivity contribution in [2.24, 2.45) is 0 Å². The monoisotopic (exact) mass is 156 g/mol. The van der Waals surface area contributed by atoms with Gasteiger partial charge in [-0.1, -0.05) is 30.3 Å². The van der Waals surface area contributed by atoms with E-state index in [9.17, 15) is 5.11 Å². The summed E-state index contributed by atoms with van der Waals surface area (Å²) < 4.78 is 29.0. The first-order valence-corrected chi connectivity index (χ1v) is 3.18. The summed E-state index contributed by atoms with van der Waals surface area (Å²) in [7, 11) is 0. The zero-order valence-electron chi connectivity index (χ0n) is 9.86. The molecule has 0 aliphatic carbocycles. The van der Waals surface area contributed by atoms with Gasteiger partial charge in [0.25, 0.3) is 0 Å². The Kier molecular flexibility index (Phi) is 1.58. The van der Waals surface area contributed by atoms with Gasteiger partial charge >= 0.3 is 0 Å². The van der Waals surface area contributed by atoms with Crippen LogP contribution in [0.2, 0.25) is 0 Å². The van der Waals surface area contributed by atoms with Crippen molar-refractivity contribution in [3.05, 3.63) is 35.9 Å². The van der Waals surface area contributed by atoms with Gasteiger partial charge in [0.2, 0.25) is 0 Å². The van der Waals surface area contributed by atoms with E-state index in [0.717, 1.165) is 0 Å². The van der Waals surface area contributed by atoms with E-state index in [4.69, 9.17) is 10.6 Å². The third-order valence-electron chi connectivity index (χ3n) is 1.33. The van der Waals surface area contributed by atoms with Crippen LogP contribution in [0.25, 0.3) is 0 Å². The Balaban J connectivity index is 3.26. The molecule has 0 spiro atoms. The van der Waals surface area contributed by atoms with Gasteiger partial charge in [0.15, 0.2) is 0 Å². The highest BCUT2D eigenvalue weighted by Crippen LogP contribution is 2.12. The molecule has 0 saturated heterocycles. The molecule has 0 heterocycles. The molecule has 1 aromatic carbocycles. The molecule has 0 bridgehead atoms. The average molecular weight is 156 g/mol. The van der Waals surface area contributed by atoms with Gasteiger partial charge < -0.3 is 10.2 Å². The molecule has 0 radical (unpaired) electrons. The molecule has 0 saturated carbocycles. The third kappa shape index (κ3) is 2.03. The summed E-state index contributed by atoms with van der Waals surface area (Å²) in [6.45, 7) is -5.06. The number of hydrogen-bond donors (Lipinski definition) is 2. The van der Waals surface area contributed by atoms with Crippen molar-refractivity contribution < 1.29 is 15.7 Å². The Morgan fingerprint density at radius 1 is 1.36 bits per heavy atom. The largest absolute Gasteiger partial charge is 0.396 e. The van der Waals surface area contributed by atoms with Crippen molar-refractivity contribution in [2.75, 3.05) is 13.1 Å². The van der Waals surface area contributed by atoms with Gasteiger partial charge in [0.05, 0.1) is 17.3 Å². The van der Waals surface area contributed by atoms with Crippen molar-refractivity contribution in [1.29, 1.82) is 0 Å². The molecular formula is C9H12O2. The minimum Gasteiger partial charge on any atom is -0.396 e. The maximum atomic E-state index is 9.23. The highest BCUT2D eigenvalue weighted by atomic mass is 16.3. The Hall–Kier alpha value is -0.860. The summed E-state index contributed by atoms with van der Waals surface area (Å²) in [6, 6.07) is 7.53. The SMILES string of the molecule is [2H]C(O)C([2H])(c1ccccc1)C([2H])([2H])O. The van der Waals surface area contributed by atoms with Crippen molar-refractivity contribution >= 4 is 0 Å². The molecule has 2 N–H and O–H groups in total. The quantitative estimate of drug-likeness (QED) is 0.678. The second-order valence-electron chi connectivity index (χ2n) is 2.02. The van der Waals surface area contributed by atoms with E-state index in [1.807, 2.05) is 0 Å². The van der Waals surface area contributed by atoms with Crippen LogP contribution in [-0.4, -0.2) is 23.4 Å². The van der Waals surface area contributed by atoms with E-state index < -0.39 is 19.0 Å². The summed E-state index contributed by atoms with van der Waals surface area (Å²) in [5, 5.41) is 18.4. The van der Waals surface area contributed by atoms with E-state index >= 15 is 0 Å². The Bertz CT molecular complexity index is 323. The van der Waals surface area contributed by atoms with Crippen LogP contribution in [0, 0.1) is 0 Å². The zero-order chi connectivity index (χ0) is 11.7. The second kappa shape index (κ2) is 4.11. The molecule has 0 aromatic heterocycles. The number of benzene rings is 1. The van der Waals surface area contributed by atoms with Gasteiger partial charge in [-0.2, -0.15) is 0 Å². The Morgan fingerprint density at radius 2 is 2.00 bits per heavy atom. The van der Waals surface area contributed by atoms with Crippen molar-refractivity contribution in [1.82, 2.24) is 0 Å². The first-order valence-electron chi connectivity index (χ1n) is 5.26. The number of hydrogen-bond acceptors (Lipinski definition) is 2. The lowest BCUT2D eigenvalue weighted by Crippen LogP contribution is -2.08. The molecule has 60 valence electrons. The maximum absolute atomic E-state index is 9.23. The lowest BCUT2D eigenvalue weighted by Gasteiger charge is -2.09. The van der Waals surface area contributed by atoms with Gasteiger partial charge in [-0.3, -0.25) is 0 Å². The third-order valence-corrected chi connectivity index (χ3v) is 1.33. The second-order valence-corrected chi connectivity index (χ2v) is 2.02. The molecule has 1 rings (SSSR count). The number of aliphatic hydroxyl groups excluding tert-OH is 1. The molecule has 0 fully saturated rings. The molecule has 1 aromatic rings. The van der Waals surface area contributed by atoms with Crippen LogP contribution in [0.15, 0.2) is 30.3 Å². The summed E-state index contributed by atoms with van der Waals surface area (Å²) >= 11 is 0. The minimum atomic E-state index is -2.99. The van der Waals surface area contributed by atoms with Crippen LogP contribution in [0.5, 0.6) is 0 Å². The Morgan fingerprint density at radius 3 is 2.45 bits per heavy atom. The lowest BCUT2D eigenvalue weighted by atomic mass is 10.0. The van der Waals surface area contributed by atoms with Crippen molar-refractivity contribution in [3.63, 3.8) is 0 Å².